The lowest BCUT2D eigenvalue weighted by Crippen LogP contribution is -2.32. The summed E-state index contributed by atoms with van der Waals surface area (Å²) in [4.78, 5) is 2.45. The standard InChI is InChI=1S/C12H28N2S/c1-5-12(4)15-11-9-13-8-10-14(6-2)7-3/h12-13H,5-11H2,1-4H3. The van der Waals surface area contributed by atoms with Gasteiger partial charge in [0.05, 0.1) is 0 Å². The van der Waals surface area contributed by atoms with E-state index in [1.165, 1.54) is 31.8 Å². The van der Waals surface area contributed by atoms with Crippen molar-refractivity contribution >= 4 is 11.8 Å². The van der Waals surface area contributed by atoms with Crippen LogP contribution in [0.3, 0.4) is 0 Å². The molecule has 15 heavy (non-hydrogen) atoms. The highest BCUT2D eigenvalue weighted by atomic mass is 32.2. The van der Waals surface area contributed by atoms with Crippen LogP contribution in [0, 0.1) is 0 Å². The van der Waals surface area contributed by atoms with E-state index in [0.29, 0.717) is 0 Å². The van der Waals surface area contributed by atoms with Gasteiger partial charge in [0.2, 0.25) is 0 Å². The highest BCUT2D eigenvalue weighted by molar-refractivity contribution is 7.99. The van der Waals surface area contributed by atoms with Crippen molar-refractivity contribution in [3.63, 3.8) is 0 Å². The zero-order valence-electron chi connectivity index (χ0n) is 10.9. The van der Waals surface area contributed by atoms with Crippen molar-refractivity contribution in [2.24, 2.45) is 0 Å². The van der Waals surface area contributed by atoms with Gasteiger partial charge in [-0.15, -0.1) is 0 Å². The summed E-state index contributed by atoms with van der Waals surface area (Å²) in [6.07, 6.45) is 1.28. The molecule has 3 heteroatoms. The van der Waals surface area contributed by atoms with Crippen LogP contribution in [0.1, 0.15) is 34.1 Å². The van der Waals surface area contributed by atoms with Crippen LogP contribution in [0.2, 0.25) is 0 Å². The van der Waals surface area contributed by atoms with Gasteiger partial charge in [-0.25, -0.2) is 0 Å². The largest absolute Gasteiger partial charge is 0.315 e. The minimum absolute atomic E-state index is 0.814. The molecule has 0 aliphatic heterocycles. The average Bonchev–Trinajstić information content (AvgIpc) is 2.28. The molecule has 0 amide bonds. The first-order chi connectivity index (χ1) is 7.24. The maximum atomic E-state index is 3.50. The quantitative estimate of drug-likeness (QED) is 0.583. The third-order valence-electron chi connectivity index (χ3n) is 2.76. The van der Waals surface area contributed by atoms with Crippen molar-refractivity contribution in [2.75, 3.05) is 38.5 Å². The highest BCUT2D eigenvalue weighted by Gasteiger charge is 1.99. The summed E-state index contributed by atoms with van der Waals surface area (Å²) in [5.41, 5.74) is 0. The Labute approximate surface area is 100 Å². The molecule has 0 spiro atoms. The normalized spacial score (nSPS) is 13.4. The van der Waals surface area contributed by atoms with Gasteiger partial charge in [-0.05, 0) is 19.5 Å². The van der Waals surface area contributed by atoms with Crippen LogP contribution in [0.15, 0.2) is 0 Å². The summed E-state index contributed by atoms with van der Waals surface area (Å²) in [6.45, 7) is 14.8. The Morgan fingerprint density at radius 1 is 1.13 bits per heavy atom. The van der Waals surface area contributed by atoms with Crippen LogP contribution in [0.5, 0.6) is 0 Å². The first-order valence-electron chi connectivity index (χ1n) is 6.29. The number of thioether (sulfide) groups is 1. The molecule has 0 saturated carbocycles. The van der Waals surface area contributed by atoms with Crippen molar-refractivity contribution in [3.05, 3.63) is 0 Å². The molecule has 92 valence electrons. The van der Waals surface area contributed by atoms with Gasteiger partial charge in [0.25, 0.3) is 0 Å². The summed E-state index contributed by atoms with van der Waals surface area (Å²) >= 11 is 2.07. The molecule has 1 N–H and O–H groups in total. The van der Waals surface area contributed by atoms with E-state index in [9.17, 15) is 0 Å². The third-order valence-corrected chi connectivity index (χ3v) is 4.10. The van der Waals surface area contributed by atoms with E-state index in [2.05, 4.69) is 49.7 Å². The Morgan fingerprint density at radius 3 is 2.33 bits per heavy atom. The Hall–Kier alpha value is 0.270. The van der Waals surface area contributed by atoms with E-state index in [4.69, 9.17) is 0 Å². The van der Waals surface area contributed by atoms with E-state index in [1.807, 2.05) is 0 Å². The zero-order valence-corrected chi connectivity index (χ0v) is 11.7. The second kappa shape index (κ2) is 10.8. The van der Waals surface area contributed by atoms with E-state index in [0.717, 1.165) is 18.3 Å². The van der Waals surface area contributed by atoms with Gasteiger partial charge in [0.1, 0.15) is 0 Å². The lowest BCUT2D eigenvalue weighted by atomic mass is 10.4. The SMILES string of the molecule is CCC(C)SCCNCCN(CC)CC. The van der Waals surface area contributed by atoms with Crippen LogP contribution >= 0.6 is 11.8 Å². The van der Waals surface area contributed by atoms with Crippen molar-refractivity contribution < 1.29 is 0 Å². The van der Waals surface area contributed by atoms with Gasteiger partial charge in [0, 0.05) is 30.6 Å². The lowest BCUT2D eigenvalue weighted by Gasteiger charge is -2.18. The molecule has 1 atom stereocenters. The Bertz CT molecular complexity index is 127. The molecule has 0 bridgehead atoms. The van der Waals surface area contributed by atoms with Crippen LogP contribution in [0.4, 0.5) is 0 Å². The average molecular weight is 232 g/mol. The molecular formula is C12H28N2S. The van der Waals surface area contributed by atoms with E-state index in [1.54, 1.807) is 0 Å². The Balaban J connectivity index is 3.17. The summed E-state index contributed by atoms with van der Waals surface area (Å²) in [6, 6.07) is 0. The number of hydrogen-bond donors (Lipinski definition) is 1. The molecule has 0 aliphatic rings. The maximum absolute atomic E-state index is 3.50. The highest BCUT2D eigenvalue weighted by Crippen LogP contribution is 2.11. The van der Waals surface area contributed by atoms with Crippen molar-refractivity contribution in [1.82, 2.24) is 10.2 Å². The van der Waals surface area contributed by atoms with Crippen LogP contribution in [-0.2, 0) is 0 Å². The fourth-order valence-electron chi connectivity index (χ4n) is 1.35. The molecule has 0 aromatic heterocycles. The summed E-state index contributed by atoms with van der Waals surface area (Å²) in [7, 11) is 0. The number of rotatable bonds is 10. The molecule has 0 saturated heterocycles. The summed E-state index contributed by atoms with van der Waals surface area (Å²) in [5.74, 6) is 1.24. The zero-order chi connectivity index (χ0) is 11.5. The predicted molar refractivity (Wildman–Crippen MR) is 72.9 cm³/mol. The number of nitrogens with one attached hydrogen (secondary N) is 1. The number of nitrogens with zero attached hydrogens (tertiary/aromatic N) is 1. The smallest absolute Gasteiger partial charge is 0.0107 e. The second-order valence-corrected chi connectivity index (χ2v) is 5.41. The fourth-order valence-corrected chi connectivity index (χ4v) is 2.25. The summed E-state index contributed by atoms with van der Waals surface area (Å²) < 4.78 is 0. The van der Waals surface area contributed by atoms with E-state index < -0.39 is 0 Å². The molecule has 0 radical (unpaired) electrons. The molecular weight excluding hydrogens is 204 g/mol. The molecule has 0 heterocycles. The Morgan fingerprint density at radius 2 is 1.80 bits per heavy atom. The minimum atomic E-state index is 0.814. The summed E-state index contributed by atoms with van der Waals surface area (Å²) in [5, 5.41) is 4.32. The van der Waals surface area contributed by atoms with Crippen molar-refractivity contribution in [2.45, 2.75) is 39.4 Å². The molecule has 1 unspecified atom stereocenters. The van der Waals surface area contributed by atoms with Crippen molar-refractivity contribution in [3.8, 4) is 0 Å². The van der Waals surface area contributed by atoms with Gasteiger partial charge in [-0.2, -0.15) is 11.8 Å². The van der Waals surface area contributed by atoms with Crippen LogP contribution in [-0.4, -0.2) is 48.6 Å². The van der Waals surface area contributed by atoms with Crippen molar-refractivity contribution in [1.29, 1.82) is 0 Å². The van der Waals surface area contributed by atoms with Gasteiger partial charge in [-0.3, -0.25) is 0 Å². The monoisotopic (exact) mass is 232 g/mol. The number of likely N-dealkylation sites (N-methyl/N-ethyl adjacent to an activating group) is 1. The molecule has 0 fully saturated rings. The molecule has 0 rings (SSSR count). The fraction of sp³-hybridized carbons (Fsp3) is 1.00. The minimum Gasteiger partial charge on any atom is -0.315 e. The first kappa shape index (κ1) is 15.3. The third kappa shape index (κ3) is 9.21. The van der Waals surface area contributed by atoms with Gasteiger partial charge >= 0.3 is 0 Å². The van der Waals surface area contributed by atoms with Crippen LogP contribution in [0.25, 0.3) is 0 Å². The lowest BCUT2D eigenvalue weighted by molar-refractivity contribution is 0.303. The van der Waals surface area contributed by atoms with Gasteiger partial charge in [-0.1, -0.05) is 27.7 Å². The number of hydrogen-bond acceptors (Lipinski definition) is 3. The molecule has 0 aromatic rings. The molecule has 0 aliphatic carbocycles. The maximum Gasteiger partial charge on any atom is 0.0107 e. The predicted octanol–water partition coefficient (Wildman–Crippen LogP) is 2.45. The Kier molecular flexibility index (Phi) is 11.0. The molecule has 0 aromatic carbocycles. The topological polar surface area (TPSA) is 15.3 Å². The van der Waals surface area contributed by atoms with Crippen LogP contribution < -0.4 is 5.32 Å². The molecule has 2 nitrogen and oxygen atoms in total. The second-order valence-electron chi connectivity index (χ2n) is 3.87. The van der Waals surface area contributed by atoms with Gasteiger partial charge in [0.15, 0.2) is 0 Å². The van der Waals surface area contributed by atoms with E-state index in [-0.39, 0.29) is 0 Å². The first-order valence-corrected chi connectivity index (χ1v) is 7.34. The van der Waals surface area contributed by atoms with Gasteiger partial charge < -0.3 is 10.2 Å². The van der Waals surface area contributed by atoms with E-state index >= 15 is 0 Å².